The van der Waals surface area contributed by atoms with E-state index in [1.165, 1.54) is 25.7 Å². The fourth-order valence-corrected chi connectivity index (χ4v) is 1.08. The zero-order valence-corrected chi connectivity index (χ0v) is 6.40. The van der Waals surface area contributed by atoms with Crippen LogP contribution in [-0.2, 0) is 0 Å². The van der Waals surface area contributed by atoms with Crippen molar-refractivity contribution < 1.29 is 0 Å². The molecular weight excluding hydrogens is 122 g/mol. The maximum atomic E-state index is 5.07. The summed E-state index contributed by atoms with van der Waals surface area (Å²) < 4.78 is 0. The summed E-state index contributed by atoms with van der Waals surface area (Å²) in [5, 5.41) is 3.18. The quantitative estimate of drug-likeness (QED) is 0.446. The average molecular weight is 137 g/mol. The van der Waals surface area contributed by atoms with Crippen LogP contribution in [-0.4, -0.2) is 13.1 Å². The molecule has 1 fully saturated rings. The second-order valence-electron chi connectivity index (χ2n) is 2.97. The normalized spacial score (nSPS) is 16.7. The van der Waals surface area contributed by atoms with Crippen molar-refractivity contribution in [3.05, 3.63) is 0 Å². The van der Waals surface area contributed by atoms with Crippen molar-refractivity contribution in [3.8, 4) is 12.3 Å². The molecule has 0 bridgehead atoms. The number of rotatable bonds is 5. The Morgan fingerprint density at radius 3 is 2.90 bits per heavy atom. The molecule has 0 atom stereocenters. The molecule has 0 amide bonds. The molecule has 1 aliphatic carbocycles. The molecule has 10 heavy (non-hydrogen) atoms. The van der Waals surface area contributed by atoms with Gasteiger partial charge in [0.05, 0.1) is 6.54 Å². The van der Waals surface area contributed by atoms with E-state index >= 15 is 0 Å². The van der Waals surface area contributed by atoms with Crippen molar-refractivity contribution in [2.45, 2.75) is 25.7 Å². The second kappa shape index (κ2) is 4.35. The average Bonchev–Trinajstić information content (AvgIpc) is 2.71. The summed E-state index contributed by atoms with van der Waals surface area (Å²) in [6.07, 6.45) is 10.7. The van der Waals surface area contributed by atoms with Gasteiger partial charge in [0.15, 0.2) is 0 Å². The lowest BCUT2D eigenvalue weighted by atomic mass is 10.2. The largest absolute Gasteiger partial charge is 0.306 e. The van der Waals surface area contributed by atoms with Crippen LogP contribution in [0.1, 0.15) is 25.7 Å². The monoisotopic (exact) mass is 137 g/mol. The van der Waals surface area contributed by atoms with E-state index in [-0.39, 0.29) is 0 Å². The lowest BCUT2D eigenvalue weighted by Crippen LogP contribution is -2.15. The fraction of sp³-hybridized carbons (Fsp3) is 0.778. The molecule has 1 saturated carbocycles. The number of hydrogen-bond acceptors (Lipinski definition) is 1. The fourth-order valence-electron chi connectivity index (χ4n) is 1.08. The van der Waals surface area contributed by atoms with E-state index in [4.69, 9.17) is 6.42 Å². The molecule has 1 nitrogen and oxygen atoms in total. The van der Waals surface area contributed by atoms with Gasteiger partial charge in [-0.25, -0.2) is 0 Å². The molecule has 1 heteroatoms. The second-order valence-corrected chi connectivity index (χ2v) is 2.97. The molecule has 1 N–H and O–H groups in total. The molecule has 0 radical (unpaired) electrons. The van der Waals surface area contributed by atoms with Crippen LogP contribution in [0.3, 0.4) is 0 Å². The lowest BCUT2D eigenvalue weighted by Gasteiger charge is -1.98. The Morgan fingerprint density at radius 1 is 1.50 bits per heavy atom. The molecule has 0 aromatic heterocycles. The Bertz CT molecular complexity index is 119. The van der Waals surface area contributed by atoms with Crippen LogP contribution in [0, 0.1) is 18.3 Å². The van der Waals surface area contributed by atoms with Crippen LogP contribution in [0.15, 0.2) is 0 Å². The van der Waals surface area contributed by atoms with E-state index in [2.05, 4.69) is 11.2 Å². The Morgan fingerprint density at radius 2 is 2.30 bits per heavy atom. The number of hydrogen-bond donors (Lipinski definition) is 1. The van der Waals surface area contributed by atoms with Crippen molar-refractivity contribution in [1.29, 1.82) is 0 Å². The van der Waals surface area contributed by atoms with Gasteiger partial charge in [-0.15, -0.1) is 6.42 Å². The minimum atomic E-state index is 0.727. The zero-order valence-electron chi connectivity index (χ0n) is 6.40. The van der Waals surface area contributed by atoms with Crippen LogP contribution < -0.4 is 5.32 Å². The van der Waals surface area contributed by atoms with Gasteiger partial charge in [-0.05, 0) is 25.3 Å². The first kappa shape index (κ1) is 7.63. The van der Waals surface area contributed by atoms with E-state index < -0.39 is 0 Å². The van der Waals surface area contributed by atoms with Crippen molar-refractivity contribution >= 4 is 0 Å². The minimum absolute atomic E-state index is 0.727. The van der Waals surface area contributed by atoms with Crippen LogP contribution in [0.2, 0.25) is 0 Å². The van der Waals surface area contributed by atoms with Crippen molar-refractivity contribution in [2.24, 2.45) is 5.92 Å². The van der Waals surface area contributed by atoms with Gasteiger partial charge in [0.2, 0.25) is 0 Å². The lowest BCUT2D eigenvalue weighted by molar-refractivity contribution is 0.619. The molecular formula is C9H15N. The smallest absolute Gasteiger partial charge is 0.0573 e. The van der Waals surface area contributed by atoms with Crippen LogP contribution in [0.25, 0.3) is 0 Å². The van der Waals surface area contributed by atoms with E-state index in [1.54, 1.807) is 0 Å². The summed E-state index contributed by atoms with van der Waals surface area (Å²) in [6, 6.07) is 0. The molecule has 0 spiro atoms. The SMILES string of the molecule is C#CCNCCCC1CC1. The molecule has 0 aromatic carbocycles. The molecule has 0 unspecified atom stereocenters. The highest BCUT2D eigenvalue weighted by Crippen LogP contribution is 2.33. The molecule has 0 aliphatic heterocycles. The Labute approximate surface area is 63.2 Å². The van der Waals surface area contributed by atoms with Crippen molar-refractivity contribution in [1.82, 2.24) is 5.32 Å². The maximum Gasteiger partial charge on any atom is 0.0573 e. The standard InChI is InChI=1S/C9H15N/c1-2-7-10-8-3-4-9-5-6-9/h1,9-10H,3-8H2. The van der Waals surface area contributed by atoms with E-state index in [0.29, 0.717) is 0 Å². The summed E-state index contributed by atoms with van der Waals surface area (Å²) in [5.74, 6) is 3.62. The highest BCUT2D eigenvalue weighted by molar-refractivity contribution is 4.86. The Hall–Kier alpha value is -0.480. The number of terminal acetylenes is 1. The highest BCUT2D eigenvalue weighted by Gasteiger charge is 2.19. The van der Waals surface area contributed by atoms with Crippen LogP contribution in [0.5, 0.6) is 0 Å². The van der Waals surface area contributed by atoms with E-state index in [1.807, 2.05) is 0 Å². The molecule has 0 aromatic rings. The summed E-state index contributed by atoms with van der Waals surface area (Å²) in [4.78, 5) is 0. The van der Waals surface area contributed by atoms with Crippen LogP contribution in [0.4, 0.5) is 0 Å². The highest BCUT2D eigenvalue weighted by atomic mass is 14.8. The van der Waals surface area contributed by atoms with Gasteiger partial charge in [-0.2, -0.15) is 0 Å². The Kier molecular flexibility index (Phi) is 3.32. The van der Waals surface area contributed by atoms with Crippen molar-refractivity contribution in [3.63, 3.8) is 0 Å². The first-order chi connectivity index (χ1) is 4.93. The third kappa shape index (κ3) is 3.53. The third-order valence-corrected chi connectivity index (χ3v) is 1.89. The Balaban J connectivity index is 1.73. The summed E-state index contributed by atoms with van der Waals surface area (Å²) in [6.45, 7) is 1.82. The maximum absolute atomic E-state index is 5.07. The molecule has 1 rings (SSSR count). The topological polar surface area (TPSA) is 12.0 Å². The van der Waals surface area contributed by atoms with Gasteiger partial charge >= 0.3 is 0 Å². The summed E-state index contributed by atoms with van der Waals surface area (Å²) in [5.41, 5.74) is 0. The number of nitrogens with one attached hydrogen (secondary N) is 1. The first-order valence-electron chi connectivity index (χ1n) is 4.07. The molecule has 0 saturated heterocycles. The third-order valence-electron chi connectivity index (χ3n) is 1.89. The van der Waals surface area contributed by atoms with Gasteiger partial charge in [0, 0.05) is 0 Å². The van der Waals surface area contributed by atoms with Crippen molar-refractivity contribution in [2.75, 3.05) is 13.1 Å². The van der Waals surface area contributed by atoms with Gasteiger partial charge in [0.1, 0.15) is 0 Å². The van der Waals surface area contributed by atoms with E-state index in [0.717, 1.165) is 19.0 Å². The van der Waals surface area contributed by atoms with Gasteiger partial charge in [-0.1, -0.05) is 18.8 Å². The zero-order chi connectivity index (χ0) is 7.23. The van der Waals surface area contributed by atoms with Gasteiger partial charge < -0.3 is 5.32 Å². The summed E-state index contributed by atoms with van der Waals surface area (Å²) in [7, 11) is 0. The molecule has 1 aliphatic rings. The van der Waals surface area contributed by atoms with Gasteiger partial charge in [-0.3, -0.25) is 0 Å². The predicted molar refractivity (Wildman–Crippen MR) is 43.7 cm³/mol. The minimum Gasteiger partial charge on any atom is -0.306 e. The van der Waals surface area contributed by atoms with Gasteiger partial charge in [0.25, 0.3) is 0 Å². The van der Waals surface area contributed by atoms with Crippen LogP contribution >= 0.6 is 0 Å². The molecule has 0 heterocycles. The van der Waals surface area contributed by atoms with E-state index in [9.17, 15) is 0 Å². The first-order valence-corrected chi connectivity index (χ1v) is 4.07. The summed E-state index contributed by atoms with van der Waals surface area (Å²) >= 11 is 0. The molecule has 56 valence electrons. The predicted octanol–water partition coefficient (Wildman–Crippen LogP) is 1.40.